The van der Waals surface area contributed by atoms with Crippen LogP contribution in [0.2, 0.25) is 5.02 Å². The molecule has 0 saturated heterocycles. The molecule has 0 aromatic heterocycles. The van der Waals surface area contributed by atoms with Crippen molar-refractivity contribution in [1.82, 2.24) is 4.72 Å². The van der Waals surface area contributed by atoms with Gasteiger partial charge in [-0.05, 0) is 62.4 Å². The Balaban J connectivity index is 1.98. The number of rotatable bonds is 6. The van der Waals surface area contributed by atoms with Gasteiger partial charge in [-0.1, -0.05) is 41.4 Å². The lowest BCUT2D eigenvalue weighted by Crippen LogP contribution is -2.26. The van der Waals surface area contributed by atoms with E-state index in [0.717, 1.165) is 35.1 Å². The summed E-state index contributed by atoms with van der Waals surface area (Å²) in [6.45, 7) is 6.05. The Morgan fingerprint density at radius 1 is 1.00 bits per heavy atom. The molecule has 0 aliphatic heterocycles. The largest absolute Gasteiger partial charge is 0.241 e. The van der Waals surface area contributed by atoms with E-state index in [-0.39, 0.29) is 0 Å². The van der Waals surface area contributed by atoms with Crippen LogP contribution < -0.4 is 4.72 Å². The van der Waals surface area contributed by atoms with Gasteiger partial charge < -0.3 is 0 Å². The maximum atomic E-state index is 12.5. The van der Waals surface area contributed by atoms with E-state index in [2.05, 4.69) is 4.72 Å². The standard InChI is InChI=1S/C18H22ClNO2S/c1-13-11-14(2)18(15(3)12-13)23(21,22)20-10-4-5-16-6-8-17(19)9-7-16/h6-9,11-12,20H,4-5,10H2,1-3H3. The molecule has 1 N–H and O–H groups in total. The average Bonchev–Trinajstić information content (AvgIpc) is 2.44. The Labute approximate surface area is 143 Å². The molecule has 23 heavy (non-hydrogen) atoms. The van der Waals surface area contributed by atoms with Gasteiger partial charge in [-0.2, -0.15) is 0 Å². The fraction of sp³-hybridized carbons (Fsp3) is 0.333. The third-order valence-corrected chi connectivity index (χ3v) is 5.74. The molecule has 5 heteroatoms. The van der Waals surface area contributed by atoms with Crippen LogP contribution in [0.3, 0.4) is 0 Å². The average molecular weight is 352 g/mol. The van der Waals surface area contributed by atoms with Crippen LogP contribution in [-0.2, 0) is 16.4 Å². The number of hydrogen-bond acceptors (Lipinski definition) is 2. The molecule has 0 aliphatic rings. The van der Waals surface area contributed by atoms with Crippen LogP contribution in [0, 0.1) is 20.8 Å². The molecule has 2 aromatic rings. The summed E-state index contributed by atoms with van der Waals surface area (Å²) in [5.74, 6) is 0. The number of sulfonamides is 1. The summed E-state index contributed by atoms with van der Waals surface area (Å²) >= 11 is 5.85. The van der Waals surface area contributed by atoms with Crippen molar-refractivity contribution < 1.29 is 8.42 Å². The summed E-state index contributed by atoms with van der Waals surface area (Å²) in [6.07, 6.45) is 1.55. The molecule has 2 rings (SSSR count). The maximum absolute atomic E-state index is 12.5. The van der Waals surface area contributed by atoms with Crippen LogP contribution in [0.15, 0.2) is 41.3 Å². The second-order valence-electron chi connectivity index (χ2n) is 5.86. The minimum atomic E-state index is -3.47. The monoisotopic (exact) mass is 351 g/mol. The van der Waals surface area contributed by atoms with Gasteiger partial charge in [-0.25, -0.2) is 13.1 Å². The van der Waals surface area contributed by atoms with Gasteiger partial charge in [0.05, 0.1) is 4.90 Å². The van der Waals surface area contributed by atoms with Crippen molar-refractivity contribution in [2.24, 2.45) is 0 Å². The minimum absolute atomic E-state index is 0.398. The Morgan fingerprint density at radius 2 is 1.57 bits per heavy atom. The SMILES string of the molecule is Cc1cc(C)c(S(=O)(=O)NCCCc2ccc(Cl)cc2)c(C)c1. The smallest absolute Gasteiger partial charge is 0.211 e. The highest BCUT2D eigenvalue weighted by molar-refractivity contribution is 7.89. The summed E-state index contributed by atoms with van der Waals surface area (Å²) in [4.78, 5) is 0.398. The first-order chi connectivity index (χ1) is 10.8. The molecule has 0 saturated carbocycles. The molecule has 124 valence electrons. The first-order valence-corrected chi connectivity index (χ1v) is 9.47. The van der Waals surface area contributed by atoms with Gasteiger partial charge in [0.15, 0.2) is 0 Å². The molecule has 3 nitrogen and oxygen atoms in total. The number of hydrogen-bond donors (Lipinski definition) is 1. The predicted molar refractivity (Wildman–Crippen MR) is 95.6 cm³/mol. The van der Waals surface area contributed by atoms with E-state index < -0.39 is 10.0 Å². The molecule has 0 amide bonds. The molecule has 2 aromatic carbocycles. The zero-order valence-electron chi connectivity index (χ0n) is 13.7. The zero-order chi connectivity index (χ0) is 17.0. The van der Waals surface area contributed by atoms with Gasteiger partial charge in [-0.15, -0.1) is 0 Å². The van der Waals surface area contributed by atoms with Crippen molar-refractivity contribution in [2.75, 3.05) is 6.54 Å². The van der Waals surface area contributed by atoms with E-state index in [4.69, 9.17) is 11.6 Å². The van der Waals surface area contributed by atoms with Crippen LogP contribution in [0.5, 0.6) is 0 Å². The van der Waals surface area contributed by atoms with Crippen molar-refractivity contribution in [3.63, 3.8) is 0 Å². The highest BCUT2D eigenvalue weighted by Gasteiger charge is 2.19. The Kier molecular flexibility index (Phi) is 5.84. The molecule has 0 fully saturated rings. The molecule has 0 spiro atoms. The number of halogens is 1. The van der Waals surface area contributed by atoms with E-state index in [1.54, 1.807) is 0 Å². The highest BCUT2D eigenvalue weighted by atomic mass is 35.5. The summed E-state index contributed by atoms with van der Waals surface area (Å²) in [7, 11) is -3.47. The van der Waals surface area contributed by atoms with E-state index in [1.807, 2.05) is 57.2 Å². The summed E-state index contributed by atoms with van der Waals surface area (Å²) in [6, 6.07) is 11.4. The molecule has 0 atom stereocenters. The third-order valence-electron chi connectivity index (χ3n) is 3.72. The van der Waals surface area contributed by atoms with Crippen molar-refractivity contribution in [1.29, 1.82) is 0 Å². The van der Waals surface area contributed by atoms with Crippen LogP contribution in [0.4, 0.5) is 0 Å². The fourth-order valence-electron chi connectivity index (χ4n) is 2.81. The van der Waals surface area contributed by atoms with Crippen LogP contribution in [0.1, 0.15) is 28.7 Å². The molecule has 0 unspecified atom stereocenters. The Bertz CT molecular complexity index is 760. The summed E-state index contributed by atoms with van der Waals surface area (Å²) < 4.78 is 27.7. The molecule has 0 heterocycles. The van der Waals surface area contributed by atoms with Crippen LogP contribution in [-0.4, -0.2) is 15.0 Å². The van der Waals surface area contributed by atoms with Crippen molar-refractivity contribution >= 4 is 21.6 Å². The quantitative estimate of drug-likeness (QED) is 0.794. The summed E-state index contributed by atoms with van der Waals surface area (Å²) in [5.41, 5.74) is 3.79. The third kappa shape index (κ3) is 4.80. The summed E-state index contributed by atoms with van der Waals surface area (Å²) in [5, 5.41) is 0.708. The van der Waals surface area contributed by atoms with E-state index in [1.165, 1.54) is 0 Å². The minimum Gasteiger partial charge on any atom is -0.211 e. The lowest BCUT2D eigenvalue weighted by atomic mass is 10.1. The van der Waals surface area contributed by atoms with Gasteiger partial charge in [-0.3, -0.25) is 0 Å². The Morgan fingerprint density at radius 3 is 2.13 bits per heavy atom. The highest BCUT2D eigenvalue weighted by Crippen LogP contribution is 2.21. The first kappa shape index (κ1) is 18.0. The van der Waals surface area contributed by atoms with Gasteiger partial charge in [0.25, 0.3) is 0 Å². The van der Waals surface area contributed by atoms with Crippen molar-refractivity contribution in [3.05, 3.63) is 63.7 Å². The number of benzene rings is 2. The molecule has 0 radical (unpaired) electrons. The van der Waals surface area contributed by atoms with Gasteiger partial charge in [0.1, 0.15) is 0 Å². The first-order valence-electron chi connectivity index (χ1n) is 7.61. The van der Waals surface area contributed by atoms with Crippen LogP contribution in [0.25, 0.3) is 0 Å². The lowest BCUT2D eigenvalue weighted by molar-refractivity contribution is 0.577. The zero-order valence-corrected chi connectivity index (χ0v) is 15.3. The van der Waals surface area contributed by atoms with Gasteiger partial charge in [0.2, 0.25) is 10.0 Å². The molecular weight excluding hydrogens is 330 g/mol. The maximum Gasteiger partial charge on any atom is 0.241 e. The molecular formula is C18H22ClNO2S. The van der Waals surface area contributed by atoms with Crippen molar-refractivity contribution in [2.45, 2.75) is 38.5 Å². The van der Waals surface area contributed by atoms with E-state index >= 15 is 0 Å². The van der Waals surface area contributed by atoms with Crippen LogP contribution >= 0.6 is 11.6 Å². The van der Waals surface area contributed by atoms with Gasteiger partial charge >= 0.3 is 0 Å². The topological polar surface area (TPSA) is 46.2 Å². The molecule has 0 bridgehead atoms. The normalized spacial score (nSPS) is 11.7. The van der Waals surface area contributed by atoms with Gasteiger partial charge in [0, 0.05) is 11.6 Å². The fourth-order valence-corrected chi connectivity index (χ4v) is 4.46. The second-order valence-corrected chi connectivity index (χ2v) is 8.00. The number of nitrogens with one attached hydrogen (secondary N) is 1. The molecule has 0 aliphatic carbocycles. The number of aryl methyl sites for hydroxylation is 4. The van der Waals surface area contributed by atoms with E-state index in [9.17, 15) is 8.42 Å². The van der Waals surface area contributed by atoms with Crippen molar-refractivity contribution in [3.8, 4) is 0 Å². The lowest BCUT2D eigenvalue weighted by Gasteiger charge is -2.13. The predicted octanol–water partition coefficient (Wildman–Crippen LogP) is 4.18. The second kappa shape index (κ2) is 7.47. The Hall–Kier alpha value is -1.36. The van der Waals surface area contributed by atoms with E-state index in [0.29, 0.717) is 16.5 Å².